The smallest absolute Gasteiger partial charge is 0.355 e. The van der Waals surface area contributed by atoms with Gasteiger partial charge in [-0.05, 0) is 47.9 Å². The Bertz CT molecular complexity index is 1000. The third-order valence-electron chi connectivity index (χ3n) is 4.04. The Morgan fingerprint density at radius 1 is 0.966 bits per heavy atom. The van der Waals surface area contributed by atoms with E-state index in [1.807, 2.05) is 11.4 Å². The van der Waals surface area contributed by atoms with Gasteiger partial charge in [0.2, 0.25) is 0 Å². The summed E-state index contributed by atoms with van der Waals surface area (Å²) in [5.74, 6) is -1.54. The van der Waals surface area contributed by atoms with E-state index in [-0.39, 0.29) is 17.2 Å². The number of esters is 2. The fourth-order valence-electron chi connectivity index (χ4n) is 2.67. The number of benzene rings is 1. The van der Waals surface area contributed by atoms with Crippen LogP contribution in [0.2, 0.25) is 0 Å². The van der Waals surface area contributed by atoms with E-state index in [9.17, 15) is 14.4 Å². The monoisotopic (exact) mass is 410 g/mol. The summed E-state index contributed by atoms with van der Waals surface area (Å²) in [4.78, 5) is 38.9. The zero-order valence-corrected chi connectivity index (χ0v) is 16.6. The normalized spacial score (nSPS) is 13.1. The third-order valence-corrected chi connectivity index (χ3v) is 4.91. The van der Waals surface area contributed by atoms with Crippen molar-refractivity contribution in [3.8, 4) is 0 Å². The zero-order chi connectivity index (χ0) is 20.8. The number of allylic oxidation sites excluding steroid dienone is 2. The van der Waals surface area contributed by atoms with Crippen molar-refractivity contribution in [2.45, 2.75) is 0 Å². The standard InChI is InChI=1S/C21H18N2O5S/c1-27-20(25)16-6-3-4-12-23(18(16)21(26)28-2)15-10-8-14(9-11-15)22-19(24)17-7-5-13-29-17/h3-13H,1-2H3,(H,22,24). The molecule has 7 nitrogen and oxygen atoms in total. The second kappa shape index (κ2) is 9.03. The number of nitrogens with zero attached hydrogens (tertiary/aromatic N) is 1. The van der Waals surface area contributed by atoms with Gasteiger partial charge < -0.3 is 19.7 Å². The maximum absolute atomic E-state index is 12.4. The van der Waals surface area contributed by atoms with E-state index < -0.39 is 11.9 Å². The Morgan fingerprint density at radius 2 is 1.69 bits per heavy atom. The van der Waals surface area contributed by atoms with Gasteiger partial charge in [0.15, 0.2) is 0 Å². The summed E-state index contributed by atoms with van der Waals surface area (Å²) in [6, 6.07) is 10.4. The first-order valence-corrected chi connectivity index (χ1v) is 9.43. The largest absolute Gasteiger partial charge is 0.465 e. The summed E-state index contributed by atoms with van der Waals surface area (Å²) in [6.45, 7) is 0. The average molecular weight is 410 g/mol. The van der Waals surface area contributed by atoms with E-state index in [4.69, 9.17) is 9.47 Å². The number of nitrogens with one attached hydrogen (secondary N) is 1. The summed E-state index contributed by atoms with van der Waals surface area (Å²) >= 11 is 1.35. The molecule has 0 atom stereocenters. The van der Waals surface area contributed by atoms with Crippen molar-refractivity contribution < 1.29 is 23.9 Å². The lowest BCUT2D eigenvalue weighted by atomic mass is 10.1. The molecule has 0 radical (unpaired) electrons. The number of hydrogen-bond acceptors (Lipinski definition) is 7. The first-order valence-electron chi connectivity index (χ1n) is 8.55. The number of amides is 1. The van der Waals surface area contributed by atoms with Gasteiger partial charge in [0.05, 0.1) is 24.7 Å². The minimum atomic E-state index is -0.684. The van der Waals surface area contributed by atoms with Crippen LogP contribution in [0.15, 0.2) is 77.5 Å². The van der Waals surface area contributed by atoms with Gasteiger partial charge in [-0.1, -0.05) is 12.1 Å². The van der Waals surface area contributed by atoms with Crippen molar-refractivity contribution >= 4 is 40.6 Å². The molecule has 3 rings (SSSR count). The van der Waals surface area contributed by atoms with Gasteiger partial charge in [-0.25, -0.2) is 9.59 Å². The molecule has 1 aliphatic rings. The molecule has 1 aromatic heterocycles. The first kappa shape index (κ1) is 20.1. The predicted molar refractivity (Wildman–Crippen MR) is 111 cm³/mol. The average Bonchev–Trinajstić information content (AvgIpc) is 3.20. The van der Waals surface area contributed by atoms with E-state index in [0.29, 0.717) is 16.3 Å². The van der Waals surface area contributed by atoms with Gasteiger partial charge in [-0.2, -0.15) is 0 Å². The number of carbonyl (C=O) groups excluding carboxylic acids is 3. The van der Waals surface area contributed by atoms with Crippen LogP contribution in [-0.2, 0) is 19.1 Å². The maximum atomic E-state index is 12.4. The molecule has 0 saturated heterocycles. The van der Waals surface area contributed by atoms with Crippen molar-refractivity contribution in [1.29, 1.82) is 0 Å². The van der Waals surface area contributed by atoms with Gasteiger partial charge >= 0.3 is 11.9 Å². The molecule has 0 fully saturated rings. The molecule has 0 saturated carbocycles. The molecule has 8 heteroatoms. The van der Waals surface area contributed by atoms with Gasteiger partial charge in [0.25, 0.3) is 5.91 Å². The molecular formula is C21H18N2O5S. The van der Waals surface area contributed by atoms with E-state index in [2.05, 4.69) is 5.32 Å². The van der Waals surface area contributed by atoms with Gasteiger partial charge in [0.1, 0.15) is 5.70 Å². The van der Waals surface area contributed by atoms with Crippen LogP contribution in [0.5, 0.6) is 0 Å². The van der Waals surface area contributed by atoms with E-state index in [1.165, 1.54) is 36.5 Å². The highest BCUT2D eigenvalue weighted by atomic mass is 32.1. The molecule has 0 bridgehead atoms. The Kier molecular flexibility index (Phi) is 6.25. The Morgan fingerprint density at radius 3 is 2.31 bits per heavy atom. The summed E-state index contributed by atoms with van der Waals surface area (Å²) in [5.41, 5.74) is 1.29. The topological polar surface area (TPSA) is 84.9 Å². The number of anilines is 2. The highest BCUT2D eigenvalue weighted by Gasteiger charge is 2.27. The molecule has 0 aliphatic carbocycles. The number of ether oxygens (including phenoxy) is 2. The Balaban J connectivity index is 1.92. The van der Waals surface area contributed by atoms with E-state index in [1.54, 1.807) is 48.7 Å². The molecule has 0 spiro atoms. The van der Waals surface area contributed by atoms with Crippen LogP contribution in [-0.4, -0.2) is 32.1 Å². The molecule has 1 aromatic carbocycles. The highest BCUT2D eigenvalue weighted by molar-refractivity contribution is 7.12. The Labute approximate surface area is 171 Å². The molecule has 2 aromatic rings. The molecule has 148 valence electrons. The highest BCUT2D eigenvalue weighted by Crippen LogP contribution is 2.27. The van der Waals surface area contributed by atoms with Gasteiger partial charge in [-0.15, -0.1) is 11.3 Å². The number of carbonyl (C=O) groups is 3. The fourth-order valence-corrected chi connectivity index (χ4v) is 3.29. The molecule has 1 amide bonds. The lowest BCUT2D eigenvalue weighted by Gasteiger charge is -2.23. The van der Waals surface area contributed by atoms with Crippen LogP contribution in [0, 0.1) is 0 Å². The predicted octanol–water partition coefficient (Wildman–Crippen LogP) is 3.49. The second-order valence-corrected chi connectivity index (χ2v) is 6.74. The van der Waals surface area contributed by atoms with Crippen LogP contribution < -0.4 is 10.2 Å². The molecule has 29 heavy (non-hydrogen) atoms. The van der Waals surface area contributed by atoms with Crippen molar-refractivity contribution in [3.63, 3.8) is 0 Å². The van der Waals surface area contributed by atoms with Gasteiger partial charge in [-0.3, -0.25) is 4.79 Å². The fraction of sp³-hybridized carbons (Fsp3) is 0.0952. The molecule has 1 N–H and O–H groups in total. The van der Waals surface area contributed by atoms with E-state index >= 15 is 0 Å². The first-order chi connectivity index (χ1) is 14.0. The quantitative estimate of drug-likeness (QED) is 0.760. The van der Waals surface area contributed by atoms with E-state index in [0.717, 1.165) is 0 Å². The van der Waals surface area contributed by atoms with Crippen molar-refractivity contribution in [1.82, 2.24) is 0 Å². The summed E-state index contributed by atoms with van der Waals surface area (Å²) in [5, 5.41) is 4.64. The van der Waals surface area contributed by atoms with Crippen molar-refractivity contribution in [3.05, 3.63) is 82.4 Å². The summed E-state index contributed by atoms with van der Waals surface area (Å²) in [6.07, 6.45) is 6.44. The minimum Gasteiger partial charge on any atom is -0.465 e. The number of rotatable bonds is 5. The SMILES string of the molecule is COC(=O)C1=C(C(=O)OC)N(c2ccc(NC(=O)c3cccs3)cc2)C=CC=C1. The van der Waals surface area contributed by atoms with Crippen LogP contribution in [0.1, 0.15) is 9.67 Å². The molecule has 0 unspecified atom stereocenters. The minimum absolute atomic E-state index is 0.0275. The van der Waals surface area contributed by atoms with Crippen LogP contribution in [0.25, 0.3) is 0 Å². The van der Waals surface area contributed by atoms with Crippen LogP contribution >= 0.6 is 11.3 Å². The number of thiophene rings is 1. The Hall–Kier alpha value is -3.65. The summed E-state index contributed by atoms with van der Waals surface area (Å²) < 4.78 is 9.67. The van der Waals surface area contributed by atoms with Crippen molar-refractivity contribution in [2.24, 2.45) is 0 Å². The maximum Gasteiger partial charge on any atom is 0.355 e. The summed E-state index contributed by atoms with van der Waals surface area (Å²) in [7, 11) is 2.48. The van der Waals surface area contributed by atoms with Crippen molar-refractivity contribution in [2.75, 3.05) is 24.4 Å². The van der Waals surface area contributed by atoms with Gasteiger partial charge in [0, 0.05) is 17.6 Å². The lowest BCUT2D eigenvalue weighted by Crippen LogP contribution is -2.26. The molecule has 2 heterocycles. The molecular weight excluding hydrogens is 392 g/mol. The number of hydrogen-bond donors (Lipinski definition) is 1. The van der Waals surface area contributed by atoms with Crippen LogP contribution in [0.4, 0.5) is 11.4 Å². The lowest BCUT2D eigenvalue weighted by molar-refractivity contribution is -0.139. The number of methoxy groups -OCH3 is 2. The second-order valence-electron chi connectivity index (χ2n) is 5.79. The van der Waals surface area contributed by atoms with Crippen LogP contribution in [0.3, 0.4) is 0 Å². The zero-order valence-electron chi connectivity index (χ0n) is 15.7. The molecule has 1 aliphatic heterocycles. The third kappa shape index (κ3) is 4.44.